The summed E-state index contributed by atoms with van der Waals surface area (Å²) in [6.07, 6.45) is 0. The third-order valence-electron chi connectivity index (χ3n) is 0. The van der Waals surface area contributed by atoms with Gasteiger partial charge in [0.15, 0.2) is 0 Å². The Labute approximate surface area is 115 Å². The van der Waals surface area contributed by atoms with E-state index < -0.39 is 40.4 Å². The van der Waals surface area contributed by atoms with E-state index in [1.807, 2.05) is 0 Å². The van der Waals surface area contributed by atoms with E-state index in [2.05, 4.69) is 29.2 Å². The average Bonchev–Trinajstić information content (AvgIpc) is 1.25. The fourth-order valence-electron chi connectivity index (χ4n) is 0. The Kier molecular flexibility index (Phi) is 41.7. The summed E-state index contributed by atoms with van der Waals surface area (Å²) < 4.78 is 0. The molecular formula is C6H18I2Sb2-2. The third kappa shape index (κ3) is 118. The summed E-state index contributed by atoms with van der Waals surface area (Å²) in [4.78, 5) is 14.1. The molecule has 0 aromatic rings. The van der Waals surface area contributed by atoms with Crippen LogP contribution < -0.4 is 48.0 Å². The van der Waals surface area contributed by atoms with E-state index in [0.29, 0.717) is 0 Å². The van der Waals surface area contributed by atoms with Crippen molar-refractivity contribution in [3.8, 4) is 0 Å². The van der Waals surface area contributed by atoms with E-state index in [1.165, 1.54) is 0 Å². The van der Waals surface area contributed by atoms with Crippen LogP contribution in [0.15, 0.2) is 0 Å². The molecule has 0 N–H and O–H groups in total. The van der Waals surface area contributed by atoms with Crippen LogP contribution in [0.4, 0.5) is 0 Å². The molecule has 0 aliphatic heterocycles. The van der Waals surface area contributed by atoms with Gasteiger partial charge in [-0.2, -0.15) is 0 Å². The van der Waals surface area contributed by atoms with Crippen molar-refractivity contribution in [2.75, 3.05) is 0 Å². The Bertz CT molecular complexity index is 29.2. The van der Waals surface area contributed by atoms with Gasteiger partial charge in [0.1, 0.15) is 0 Å². The molecule has 10 heavy (non-hydrogen) atoms. The normalized spacial score (nSPS) is 7.20. The zero-order chi connectivity index (χ0) is 7.15. The summed E-state index contributed by atoms with van der Waals surface area (Å²) in [6.45, 7) is 0. The molecule has 0 atom stereocenters. The minimum atomic E-state index is -0.450. The molecule has 0 aromatic carbocycles. The molecule has 0 saturated heterocycles. The van der Waals surface area contributed by atoms with Crippen LogP contribution >= 0.6 is 0 Å². The molecule has 0 radical (unpaired) electrons. The van der Waals surface area contributed by atoms with Gasteiger partial charge in [-0.05, 0) is 0 Å². The van der Waals surface area contributed by atoms with E-state index in [4.69, 9.17) is 0 Å². The first-order valence-corrected chi connectivity index (χ1v) is 18.0. The maximum atomic E-state index is 2.35. The van der Waals surface area contributed by atoms with Gasteiger partial charge in [-0.3, -0.25) is 0 Å². The molecule has 0 amide bonds. The van der Waals surface area contributed by atoms with Crippen LogP contribution in [0.5, 0.6) is 0 Å². The Hall–Kier alpha value is 3.10. The molecule has 0 unspecified atom stereocenters. The second-order valence-corrected chi connectivity index (χ2v) is 18.0. The molecule has 0 spiro atoms. The van der Waals surface area contributed by atoms with Crippen molar-refractivity contribution in [3.05, 3.63) is 0 Å². The first-order valence-electron chi connectivity index (χ1n) is 2.68. The Balaban J connectivity index is -0.0000000300. The van der Waals surface area contributed by atoms with Crippen LogP contribution in [0.25, 0.3) is 0 Å². The molecule has 0 heterocycles. The molecular weight excluding hydrogens is 569 g/mol. The predicted molar refractivity (Wildman–Crippen MR) is 46.7 cm³/mol. The molecule has 0 nitrogen and oxygen atoms in total. The monoisotopic (exact) mass is 586 g/mol. The van der Waals surface area contributed by atoms with E-state index >= 15 is 0 Å². The summed E-state index contributed by atoms with van der Waals surface area (Å²) in [6, 6.07) is 0. The summed E-state index contributed by atoms with van der Waals surface area (Å²) >= 11 is -0.900. The fourth-order valence-corrected chi connectivity index (χ4v) is 0. The van der Waals surface area contributed by atoms with E-state index in [-0.39, 0.29) is 48.0 Å². The Morgan fingerprint density at radius 2 is 0.500 bits per heavy atom. The van der Waals surface area contributed by atoms with Crippen molar-refractivity contribution < 1.29 is 48.0 Å². The van der Waals surface area contributed by atoms with E-state index in [0.717, 1.165) is 0 Å². The summed E-state index contributed by atoms with van der Waals surface area (Å²) in [7, 11) is 0. The first-order chi connectivity index (χ1) is 3.46. The summed E-state index contributed by atoms with van der Waals surface area (Å²) in [5, 5.41) is 0. The second kappa shape index (κ2) is 18.0. The van der Waals surface area contributed by atoms with Gasteiger partial charge in [-0.1, -0.05) is 0 Å². The maximum absolute atomic E-state index is 2.35. The van der Waals surface area contributed by atoms with E-state index in [9.17, 15) is 0 Å². The molecule has 0 aliphatic rings. The van der Waals surface area contributed by atoms with Crippen molar-refractivity contribution in [2.45, 2.75) is 29.2 Å². The van der Waals surface area contributed by atoms with Crippen molar-refractivity contribution in [1.29, 1.82) is 0 Å². The van der Waals surface area contributed by atoms with Gasteiger partial charge >= 0.3 is 69.6 Å². The predicted octanol–water partition coefficient (Wildman–Crippen LogP) is -3.25. The quantitative estimate of drug-likeness (QED) is 0.207. The number of hydrogen-bond donors (Lipinski definition) is 0. The molecule has 68 valence electrons. The number of hydrogen-bond acceptors (Lipinski definition) is 0. The molecule has 0 aromatic heterocycles. The van der Waals surface area contributed by atoms with Crippen LogP contribution in [-0.4, -0.2) is 40.4 Å². The van der Waals surface area contributed by atoms with Gasteiger partial charge in [0.05, 0.1) is 0 Å². The number of rotatable bonds is 0. The third-order valence-corrected chi connectivity index (χ3v) is 0. The minimum absolute atomic E-state index is 0. The van der Waals surface area contributed by atoms with Crippen LogP contribution in [-0.2, 0) is 0 Å². The molecule has 0 fully saturated rings. The minimum Gasteiger partial charge on any atom is -1.00 e. The molecule has 0 bridgehead atoms. The van der Waals surface area contributed by atoms with Crippen LogP contribution in [0.3, 0.4) is 0 Å². The van der Waals surface area contributed by atoms with Gasteiger partial charge in [0, 0.05) is 0 Å². The number of halogens is 2. The summed E-state index contributed by atoms with van der Waals surface area (Å²) in [5.74, 6) is 0. The van der Waals surface area contributed by atoms with Crippen molar-refractivity contribution in [1.82, 2.24) is 0 Å². The fraction of sp³-hybridized carbons (Fsp3) is 1.00. The molecule has 0 aliphatic carbocycles. The van der Waals surface area contributed by atoms with Crippen LogP contribution in [0.1, 0.15) is 0 Å². The zero-order valence-electron chi connectivity index (χ0n) is 7.65. The average molecular weight is 588 g/mol. The van der Waals surface area contributed by atoms with E-state index in [1.54, 1.807) is 0 Å². The SMILES string of the molecule is [CH3][Sb]([CH3])[CH3].[CH3][Sb]([CH3])[CH3].[I-].[I-]. The Morgan fingerprint density at radius 1 is 0.500 bits per heavy atom. The van der Waals surface area contributed by atoms with Crippen molar-refractivity contribution in [3.63, 3.8) is 0 Å². The largest absolute Gasteiger partial charge is 1.00 e. The van der Waals surface area contributed by atoms with Gasteiger partial charge in [0.2, 0.25) is 0 Å². The first kappa shape index (κ1) is 23.2. The molecule has 4 heteroatoms. The molecule has 0 saturated carbocycles. The van der Waals surface area contributed by atoms with Crippen LogP contribution in [0.2, 0.25) is 29.2 Å². The van der Waals surface area contributed by atoms with Gasteiger partial charge < -0.3 is 48.0 Å². The Morgan fingerprint density at radius 3 is 0.500 bits per heavy atom. The van der Waals surface area contributed by atoms with Crippen molar-refractivity contribution in [2.24, 2.45) is 0 Å². The molecule has 0 rings (SSSR count). The van der Waals surface area contributed by atoms with Crippen LogP contribution in [0, 0.1) is 0 Å². The summed E-state index contributed by atoms with van der Waals surface area (Å²) in [5.41, 5.74) is 0. The standard InChI is InChI=1S/6CH3.2HI.2Sb/h6*1H3;2*1H;;/p-2. The van der Waals surface area contributed by atoms with Crippen molar-refractivity contribution >= 4 is 40.4 Å². The van der Waals surface area contributed by atoms with Gasteiger partial charge in [0.25, 0.3) is 0 Å². The van der Waals surface area contributed by atoms with Gasteiger partial charge in [-0.25, -0.2) is 0 Å². The second-order valence-electron chi connectivity index (χ2n) is 2.68. The zero-order valence-corrected chi connectivity index (χ0v) is 17.1. The topological polar surface area (TPSA) is 0 Å². The van der Waals surface area contributed by atoms with Gasteiger partial charge in [-0.15, -0.1) is 0 Å². The maximum Gasteiger partial charge on any atom is -1.00 e. The smallest absolute Gasteiger partial charge is 1.00 e.